The van der Waals surface area contributed by atoms with Gasteiger partial charge in [0.2, 0.25) is 12.0 Å². The summed E-state index contributed by atoms with van der Waals surface area (Å²) in [6.07, 6.45) is -12.9. The van der Waals surface area contributed by atoms with Gasteiger partial charge in [-0.1, -0.05) is 0 Å². The third kappa shape index (κ3) is 8.70. The summed E-state index contributed by atoms with van der Waals surface area (Å²) in [4.78, 5) is 22.1. The predicted molar refractivity (Wildman–Crippen MR) is 91.5 cm³/mol. The summed E-state index contributed by atoms with van der Waals surface area (Å²) < 4.78 is 75.4. The van der Waals surface area contributed by atoms with Crippen LogP contribution in [0.25, 0.3) is 0 Å². The molecule has 0 saturated heterocycles. The summed E-state index contributed by atoms with van der Waals surface area (Å²) >= 11 is 0. The summed E-state index contributed by atoms with van der Waals surface area (Å²) in [5.74, 6) is -2.67. The number of carboxylic acids is 1. The highest BCUT2D eigenvalue weighted by Gasteiger charge is 2.43. The van der Waals surface area contributed by atoms with Crippen LogP contribution in [-0.2, 0) is 43.9 Å². The standard InChI is InChI=1S/C12H19NO16S2/c14-2-4(13-30(21,22)23)8(17)10(6(16)3-27-31(24,25)26)29-12-9(18)5(15)1-7(28-12)11(19)20/h1-2,4-6,8-10,12-13,15-18H,3H2,(H,19,20)(H,21,22,23)(H,24,25,26)/t4-,5-,6-,8-,9-,10+,12-/m0/s1. The van der Waals surface area contributed by atoms with Crippen molar-refractivity contribution in [2.45, 2.75) is 42.9 Å². The van der Waals surface area contributed by atoms with Gasteiger partial charge in [0.15, 0.2) is 0 Å². The molecule has 0 aromatic heterocycles. The molecule has 31 heavy (non-hydrogen) atoms. The molecule has 7 atom stereocenters. The van der Waals surface area contributed by atoms with E-state index in [-0.39, 0.29) is 6.29 Å². The molecular formula is C12H19NO16S2. The number of carbonyl (C=O) groups is 2. The Hall–Kier alpha value is -1.78. The van der Waals surface area contributed by atoms with Crippen molar-refractivity contribution in [3.63, 3.8) is 0 Å². The van der Waals surface area contributed by atoms with Gasteiger partial charge in [-0.3, -0.25) is 9.11 Å². The van der Waals surface area contributed by atoms with E-state index in [2.05, 4.69) is 4.18 Å². The van der Waals surface area contributed by atoms with Gasteiger partial charge in [0.1, 0.15) is 42.8 Å². The lowest BCUT2D eigenvalue weighted by atomic mass is 10.0. The first-order chi connectivity index (χ1) is 14.1. The van der Waals surface area contributed by atoms with Gasteiger partial charge in [-0.15, -0.1) is 0 Å². The van der Waals surface area contributed by atoms with Gasteiger partial charge in [0, 0.05) is 0 Å². The van der Waals surface area contributed by atoms with E-state index < -0.39 is 81.9 Å². The van der Waals surface area contributed by atoms with E-state index in [0.29, 0.717) is 6.08 Å². The van der Waals surface area contributed by atoms with Crippen molar-refractivity contribution in [1.29, 1.82) is 0 Å². The molecule has 19 heteroatoms. The first-order valence-electron chi connectivity index (χ1n) is 7.87. The fourth-order valence-electron chi connectivity index (χ4n) is 2.24. The number of carboxylic acid groups (broad SMARTS) is 1. The van der Waals surface area contributed by atoms with Crippen LogP contribution in [0.2, 0.25) is 0 Å². The van der Waals surface area contributed by atoms with Crippen molar-refractivity contribution in [3.05, 3.63) is 11.8 Å². The second kappa shape index (κ2) is 10.7. The SMILES string of the molecule is O=C[C@H](NS(=O)(=O)O)[C@H](O)[C@H](O[C@@H]1OC(C(=O)O)=C[C@H](O)[C@@H]1O)[C@@H](O)COS(=O)(=O)O. The predicted octanol–water partition coefficient (Wildman–Crippen LogP) is -5.08. The zero-order valence-electron chi connectivity index (χ0n) is 15.0. The summed E-state index contributed by atoms with van der Waals surface area (Å²) in [6, 6.07) is -2.24. The van der Waals surface area contributed by atoms with Gasteiger partial charge in [-0.2, -0.15) is 21.6 Å². The minimum Gasteiger partial charge on any atom is -0.475 e. The molecule has 0 bridgehead atoms. The van der Waals surface area contributed by atoms with E-state index in [9.17, 15) is 46.9 Å². The quantitative estimate of drug-likeness (QED) is 0.0924. The lowest BCUT2D eigenvalue weighted by Crippen LogP contribution is -2.57. The van der Waals surface area contributed by atoms with Gasteiger partial charge in [-0.05, 0) is 6.08 Å². The molecule has 0 unspecified atom stereocenters. The molecule has 0 spiro atoms. The number of ether oxygens (including phenoxy) is 2. The maximum absolute atomic E-state index is 11.1. The van der Waals surface area contributed by atoms with Crippen LogP contribution < -0.4 is 4.72 Å². The lowest BCUT2D eigenvalue weighted by Gasteiger charge is -2.36. The minimum atomic E-state index is -5.13. The summed E-state index contributed by atoms with van der Waals surface area (Å²) in [7, 11) is -10.2. The first kappa shape index (κ1) is 27.3. The zero-order chi connectivity index (χ0) is 24.1. The van der Waals surface area contributed by atoms with E-state index >= 15 is 0 Å². The molecule has 0 aromatic carbocycles. The van der Waals surface area contributed by atoms with E-state index in [1.54, 1.807) is 0 Å². The Bertz CT molecular complexity index is 884. The average molecular weight is 497 g/mol. The molecule has 8 N–H and O–H groups in total. The second-order valence-corrected chi connectivity index (χ2v) is 8.21. The number of rotatable bonds is 12. The average Bonchev–Trinajstić information content (AvgIpc) is 2.63. The van der Waals surface area contributed by atoms with Crippen molar-refractivity contribution < 1.29 is 74.7 Å². The third-order valence-corrected chi connectivity index (χ3v) is 4.60. The number of hydrogen-bond acceptors (Lipinski definition) is 13. The molecule has 0 aliphatic carbocycles. The highest BCUT2D eigenvalue weighted by molar-refractivity contribution is 7.83. The molecule has 0 fully saturated rings. The summed E-state index contributed by atoms with van der Waals surface area (Å²) in [6.45, 7) is -1.36. The van der Waals surface area contributed by atoms with Gasteiger partial charge >= 0.3 is 26.7 Å². The Morgan fingerprint density at radius 1 is 1.23 bits per heavy atom. The van der Waals surface area contributed by atoms with Crippen LogP contribution in [0.5, 0.6) is 0 Å². The number of nitrogens with one attached hydrogen (secondary N) is 1. The highest BCUT2D eigenvalue weighted by Crippen LogP contribution is 2.23. The Kier molecular flexibility index (Phi) is 9.40. The van der Waals surface area contributed by atoms with Crippen LogP contribution in [0.4, 0.5) is 0 Å². The van der Waals surface area contributed by atoms with E-state index in [4.69, 9.17) is 23.7 Å². The van der Waals surface area contributed by atoms with Crippen LogP contribution in [0.15, 0.2) is 11.8 Å². The van der Waals surface area contributed by atoms with Crippen molar-refractivity contribution in [1.82, 2.24) is 4.72 Å². The highest BCUT2D eigenvalue weighted by atomic mass is 32.3. The van der Waals surface area contributed by atoms with Crippen molar-refractivity contribution in [2.24, 2.45) is 0 Å². The van der Waals surface area contributed by atoms with E-state index in [1.165, 1.54) is 4.72 Å². The second-order valence-electron chi connectivity index (χ2n) is 5.93. The maximum atomic E-state index is 11.1. The van der Waals surface area contributed by atoms with Gasteiger partial charge in [0.25, 0.3) is 0 Å². The molecule has 1 heterocycles. The maximum Gasteiger partial charge on any atom is 0.397 e. The number of carbonyl (C=O) groups excluding carboxylic acids is 1. The molecule has 0 amide bonds. The van der Waals surface area contributed by atoms with Gasteiger partial charge in [-0.25, -0.2) is 8.98 Å². The molecule has 17 nitrogen and oxygen atoms in total. The third-order valence-electron chi connectivity index (χ3n) is 3.60. The molecule has 1 aliphatic heterocycles. The Morgan fingerprint density at radius 2 is 1.81 bits per heavy atom. The van der Waals surface area contributed by atoms with Crippen LogP contribution in [-0.4, -0.2) is 113 Å². The fourth-order valence-corrected chi connectivity index (χ4v) is 3.09. The number of aldehydes is 1. The molecule has 1 aliphatic rings. The lowest BCUT2D eigenvalue weighted by molar-refractivity contribution is -0.255. The molecule has 0 aromatic rings. The molecule has 0 radical (unpaired) electrons. The van der Waals surface area contributed by atoms with Gasteiger partial charge < -0.3 is 39.8 Å². The first-order valence-corrected chi connectivity index (χ1v) is 10.7. The summed E-state index contributed by atoms with van der Waals surface area (Å²) in [5, 5.41) is 48.8. The van der Waals surface area contributed by atoms with Gasteiger partial charge in [0.05, 0.1) is 6.61 Å². The Morgan fingerprint density at radius 3 is 2.26 bits per heavy atom. The van der Waals surface area contributed by atoms with E-state index in [1.807, 2.05) is 0 Å². The molecule has 180 valence electrons. The smallest absolute Gasteiger partial charge is 0.397 e. The minimum absolute atomic E-state index is 0.263. The van der Waals surface area contributed by atoms with Crippen LogP contribution >= 0.6 is 0 Å². The number of hydrogen-bond donors (Lipinski definition) is 8. The van der Waals surface area contributed by atoms with Crippen molar-refractivity contribution in [3.8, 4) is 0 Å². The van der Waals surface area contributed by atoms with E-state index in [0.717, 1.165) is 0 Å². The number of aliphatic hydroxyl groups is 4. The van der Waals surface area contributed by atoms with Crippen molar-refractivity contribution >= 4 is 33.0 Å². The molecule has 0 saturated carbocycles. The largest absolute Gasteiger partial charge is 0.475 e. The normalized spacial score (nSPS) is 26.1. The van der Waals surface area contributed by atoms with Crippen LogP contribution in [0, 0.1) is 0 Å². The number of aliphatic hydroxyl groups excluding tert-OH is 4. The Balaban J connectivity index is 3.21. The summed E-state index contributed by atoms with van der Waals surface area (Å²) in [5.41, 5.74) is 0. The van der Waals surface area contributed by atoms with Crippen LogP contribution in [0.3, 0.4) is 0 Å². The topological polar surface area (TPSA) is 284 Å². The Labute approximate surface area is 174 Å². The van der Waals surface area contributed by atoms with Crippen molar-refractivity contribution in [2.75, 3.05) is 6.61 Å². The van der Waals surface area contributed by atoms with Crippen LogP contribution in [0.1, 0.15) is 0 Å². The monoisotopic (exact) mass is 497 g/mol. The molecular weight excluding hydrogens is 478 g/mol. The number of aliphatic carboxylic acids is 1. The zero-order valence-corrected chi connectivity index (χ0v) is 16.7. The fraction of sp³-hybridized carbons (Fsp3) is 0.667. The molecule has 1 rings (SSSR count).